The lowest BCUT2D eigenvalue weighted by atomic mass is 10.1. The van der Waals surface area contributed by atoms with Gasteiger partial charge in [-0.15, -0.1) is 0 Å². The van der Waals surface area contributed by atoms with Crippen molar-refractivity contribution in [3.05, 3.63) is 94.0 Å². The molecule has 0 aliphatic rings. The van der Waals surface area contributed by atoms with E-state index in [1.165, 1.54) is 24.3 Å². The fourth-order valence-corrected chi connectivity index (χ4v) is 5.55. The molecule has 0 saturated heterocycles. The summed E-state index contributed by atoms with van der Waals surface area (Å²) in [5.74, 6) is -1.27. The topological polar surface area (TPSA) is 104 Å². The molecule has 3 rings (SSSR count). The second-order valence-corrected chi connectivity index (χ2v) is 11.0. The minimum Gasteiger partial charge on any atom is -0.478 e. The van der Waals surface area contributed by atoms with Gasteiger partial charge in [0.2, 0.25) is 9.84 Å². The Morgan fingerprint density at radius 3 is 2.34 bits per heavy atom. The second-order valence-electron chi connectivity index (χ2n) is 8.62. The molecule has 3 aromatic carbocycles. The number of aliphatic hydroxyl groups is 1. The molecule has 6 nitrogen and oxygen atoms in total. The van der Waals surface area contributed by atoms with E-state index in [4.69, 9.17) is 11.6 Å². The van der Waals surface area contributed by atoms with Gasteiger partial charge in [-0.2, -0.15) is 0 Å². The summed E-state index contributed by atoms with van der Waals surface area (Å²) in [7, 11) is -3.99. The Hall–Kier alpha value is -2.71. The van der Waals surface area contributed by atoms with Gasteiger partial charge < -0.3 is 15.5 Å². The fraction of sp³-hybridized carbons (Fsp3) is 0.296. The number of carbonyl (C=O) groups is 1. The number of hydrogen-bond acceptors (Lipinski definition) is 5. The highest BCUT2D eigenvalue weighted by atomic mass is 35.5. The molecule has 0 heterocycles. The summed E-state index contributed by atoms with van der Waals surface area (Å²) in [6.45, 7) is 4.30. The summed E-state index contributed by atoms with van der Waals surface area (Å²) < 4.78 is 26.4. The smallest absolute Gasteiger partial charge is 0.337 e. The van der Waals surface area contributed by atoms with E-state index >= 15 is 0 Å². The first-order valence-electron chi connectivity index (χ1n) is 11.5. The van der Waals surface area contributed by atoms with Crippen molar-refractivity contribution >= 4 is 27.4 Å². The Morgan fingerprint density at radius 2 is 1.71 bits per heavy atom. The molecule has 8 heteroatoms. The molecule has 0 fully saturated rings. The molecular formula is C27H30ClNO5S. The van der Waals surface area contributed by atoms with Crippen molar-refractivity contribution in [2.24, 2.45) is 0 Å². The van der Waals surface area contributed by atoms with Gasteiger partial charge in [-0.3, -0.25) is 0 Å². The number of rotatable bonds is 11. The molecule has 35 heavy (non-hydrogen) atoms. The van der Waals surface area contributed by atoms with Crippen molar-refractivity contribution in [2.75, 3.05) is 6.54 Å². The summed E-state index contributed by atoms with van der Waals surface area (Å²) >= 11 is 5.98. The molecular weight excluding hydrogens is 486 g/mol. The third-order valence-corrected chi connectivity index (χ3v) is 7.83. The molecule has 0 aliphatic heterocycles. The average molecular weight is 516 g/mol. The van der Waals surface area contributed by atoms with E-state index in [0.29, 0.717) is 24.4 Å². The Kier molecular flexibility index (Phi) is 9.08. The number of aromatic carboxylic acids is 1. The molecule has 0 unspecified atom stereocenters. The molecule has 3 N–H and O–H groups in total. The summed E-state index contributed by atoms with van der Waals surface area (Å²) in [5, 5.41) is 23.8. The van der Waals surface area contributed by atoms with E-state index in [9.17, 15) is 23.4 Å². The van der Waals surface area contributed by atoms with Gasteiger partial charge in [0, 0.05) is 17.6 Å². The highest BCUT2D eigenvalue weighted by Crippen LogP contribution is 2.26. The van der Waals surface area contributed by atoms with Crippen molar-refractivity contribution < 1.29 is 23.4 Å². The summed E-state index contributed by atoms with van der Waals surface area (Å²) in [6.07, 6.45) is 1.43. The number of benzene rings is 3. The molecule has 0 amide bonds. The predicted molar refractivity (Wildman–Crippen MR) is 137 cm³/mol. The van der Waals surface area contributed by atoms with Crippen LogP contribution in [0.25, 0.3) is 0 Å². The van der Waals surface area contributed by atoms with Crippen LogP contribution in [0.3, 0.4) is 0 Å². The van der Waals surface area contributed by atoms with Gasteiger partial charge in [0.15, 0.2) is 0 Å². The number of carboxylic acids is 1. The maximum Gasteiger partial charge on any atom is 0.337 e. The van der Waals surface area contributed by atoms with Gasteiger partial charge in [-0.1, -0.05) is 55.3 Å². The number of carboxylic acid groups (broad SMARTS) is 1. The zero-order valence-corrected chi connectivity index (χ0v) is 21.3. The van der Waals surface area contributed by atoms with Crippen molar-refractivity contribution in [2.45, 2.75) is 55.0 Å². The van der Waals surface area contributed by atoms with Gasteiger partial charge in [0.05, 0.1) is 21.5 Å². The van der Waals surface area contributed by atoms with Crippen LogP contribution in [-0.4, -0.2) is 37.2 Å². The first-order valence-corrected chi connectivity index (χ1v) is 13.3. The first-order chi connectivity index (χ1) is 16.6. The van der Waals surface area contributed by atoms with Crippen molar-refractivity contribution in [1.82, 2.24) is 5.32 Å². The number of hydrogen-bond donors (Lipinski definition) is 3. The van der Waals surface area contributed by atoms with Gasteiger partial charge in [0.25, 0.3) is 0 Å². The maximum absolute atomic E-state index is 13.2. The Morgan fingerprint density at radius 1 is 1.03 bits per heavy atom. The number of halogens is 1. The van der Waals surface area contributed by atoms with Crippen LogP contribution in [0.2, 0.25) is 5.02 Å². The zero-order valence-electron chi connectivity index (χ0n) is 19.7. The Balaban J connectivity index is 1.68. The molecule has 0 bridgehead atoms. The van der Waals surface area contributed by atoms with E-state index in [0.717, 1.165) is 23.1 Å². The lowest BCUT2D eigenvalue weighted by Crippen LogP contribution is -2.32. The van der Waals surface area contributed by atoms with Gasteiger partial charge in [-0.05, 0) is 72.9 Å². The third-order valence-electron chi connectivity index (χ3n) is 5.77. The molecule has 0 saturated carbocycles. The molecule has 0 aromatic heterocycles. The Labute approximate surface area is 211 Å². The fourth-order valence-electron chi connectivity index (χ4n) is 3.92. The monoisotopic (exact) mass is 515 g/mol. The number of aliphatic hydroxyl groups excluding tert-OH is 1. The minimum absolute atomic E-state index is 0.0241. The molecule has 3 aromatic rings. The normalized spacial score (nSPS) is 13.4. The SMILES string of the molecule is CCCc1ccc(S(=O)(=O)c2ccc(C[C@@H](C)NC[C@H](O)c3cccc(Cl)c3)cc2)c(C(=O)O)c1. The molecule has 0 radical (unpaired) electrons. The molecule has 2 atom stereocenters. The minimum atomic E-state index is -3.99. The summed E-state index contributed by atoms with van der Waals surface area (Å²) in [4.78, 5) is 11.6. The zero-order chi connectivity index (χ0) is 25.6. The van der Waals surface area contributed by atoms with E-state index in [1.807, 2.05) is 19.9 Å². The van der Waals surface area contributed by atoms with E-state index in [-0.39, 0.29) is 21.4 Å². The molecule has 0 aliphatic carbocycles. The standard InChI is InChI=1S/C27H30ClNO5S/c1-3-5-19-10-13-26(24(15-19)27(31)32)35(33,34)23-11-8-20(9-12-23)14-18(2)29-17-25(30)21-6-4-7-22(28)16-21/h4,6-13,15-16,18,25,29-30H,3,5,14,17H2,1-2H3,(H,31,32)/t18-,25+/m1/s1. The number of aryl methyl sites for hydroxylation is 1. The molecule has 186 valence electrons. The van der Waals surface area contributed by atoms with Gasteiger partial charge in [0.1, 0.15) is 0 Å². The van der Waals surface area contributed by atoms with E-state index in [1.54, 1.807) is 36.4 Å². The lowest BCUT2D eigenvalue weighted by molar-refractivity contribution is 0.0692. The van der Waals surface area contributed by atoms with Gasteiger partial charge in [-0.25, -0.2) is 13.2 Å². The second kappa shape index (κ2) is 11.8. The Bertz CT molecular complexity index is 1270. The number of sulfone groups is 1. The van der Waals surface area contributed by atoms with Crippen LogP contribution in [0.1, 0.15) is 53.4 Å². The van der Waals surface area contributed by atoms with Crippen molar-refractivity contribution in [3.8, 4) is 0 Å². The molecule has 0 spiro atoms. The maximum atomic E-state index is 13.2. The van der Waals surface area contributed by atoms with Crippen LogP contribution in [0, 0.1) is 0 Å². The van der Waals surface area contributed by atoms with Crippen LogP contribution in [0.5, 0.6) is 0 Å². The van der Waals surface area contributed by atoms with E-state index < -0.39 is 21.9 Å². The van der Waals surface area contributed by atoms with Crippen LogP contribution in [0.15, 0.2) is 76.5 Å². The summed E-state index contributed by atoms with van der Waals surface area (Å²) in [5.41, 5.74) is 2.23. The van der Waals surface area contributed by atoms with Crippen LogP contribution in [-0.2, 0) is 22.7 Å². The highest BCUT2D eigenvalue weighted by Gasteiger charge is 2.25. The summed E-state index contributed by atoms with van der Waals surface area (Å²) in [6, 6.07) is 18.1. The van der Waals surface area contributed by atoms with Crippen LogP contribution in [0.4, 0.5) is 0 Å². The van der Waals surface area contributed by atoms with Gasteiger partial charge >= 0.3 is 5.97 Å². The number of nitrogens with one attached hydrogen (secondary N) is 1. The third kappa shape index (κ3) is 6.92. The average Bonchev–Trinajstić information content (AvgIpc) is 2.83. The van der Waals surface area contributed by atoms with E-state index in [2.05, 4.69) is 5.32 Å². The van der Waals surface area contributed by atoms with Crippen LogP contribution < -0.4 is 5.32 Å². The van der Waals surface area contributed by atoms with Crippen LogP contribution >= 0.6 is 11.6 Å². The predicted octanol–water partition coefficient (Wildman–Crippen LogP) is 5.08. The first kappa shape index (κ1) is 26.9. The van der Waals surface area contributed by atoms with Crippen molar-refractivity contribution in [1.29, 1.82) is 0 Å². The van der Waals surface area contributed by atoms with Crippen molar-refractivity contribution in [3.63, 3.8) is 0 Å². The lowest BCUT2D eigenvalue weighted by Gasteiger charge is -2.18. The highest BCUT2D eigenvalue weighted by molar-refractivity contribution is 7.91. The largest absolute Gasteiger partial charge is 0.478 e. The quantitative estimate of drug-likeness (QED) is 0.329.